The van der Waals surface area contributed by atoms with Crippen LogP contribution < -0.4 is 20.5 Å². The Labute approximate surface area is 192 Å². The van der Waals surface area contributed by atoms with Crippen LogP contribution in [0.25, 0.3) is 11.1 Å². The highest BCUT2D eigenvalue weighted by atomic mass is 16.5. The topological polar surface area (TPSA) is 107 Å². The SMILES string of the molecule is COc1ccc2c(c1)CC(C(=O)Nc1ccc(-c3ccnc(N)c3)cc1C(=O)N(C)C)CO2. The van der Waals surface area contributed by atoms with Crippen LogP contribution >= 0.6 is 0 Å². The number of methoxy groups -OCH3 is 1. The van der Waals surface area contributed by atoms with E-state index in [-0.39, 0.29) is 18.4 Å². The summed E-state index contributed by atoms with van der Waals surface area (Å²) in [7, 11) is 4.94. The lowest BCUT2D eigenvalue weighted by molar-refractivity contribution is -0.121. The van der Waals surface area contributed by atoms with Crippen molar-refractivity contribution < 1.29 is 19.1 Å². The maximum Gasteiger partial charge on any atom is 0.255 e. The van der Waals surface area contributed by atoms with Gasteiger partial charge in [0, 0.05) is 20.3 Å². The number of ether oxygens (including phenoxy) is 2. The summed E-state index contributed by atoms with van der Waals surface area (Å²) in [6.07, 6.45) is 2.13. The molecular weight excluding hydrogens is 420 g/mol. The number of carbonyl (C=O) groups is 2. The summed E-state index contributed by atoms with van der Waals surface area (Å²) in [5.74, 6) is 1.03. The highest BCUT2D eigenvalue weighted by Crippen LogP contribution is 2.32. The molecule has 0 saturated carbocycles. The first kappa shape index (κ1) is 22.1. The third kappa shape index (κ3) is 4.74. The van der Waals surface area contributed by atoms with Crippen molar-refractivity contribution in [1.82, 2.24) is 9.88 Å². The van der Waals surface area contributed by atoms with Gasteiger partial charge in [-0.2, -0.15) is 0 Å². The van der Waals surface area contributed by atoms with Crippen molar-refractivity contribution in [2.75, 3.05) is 38.9 Å². The van der Waals surface area contributed by atoms with Crippen LogP contribution in [0, 0.1) is 5.92 Å². The number of nitrogens with zero attached hydrogens (tertiary/aromatic N) is 2. The van der Waals surface area contributed by atoms with E-state index in [1.54, 1.807) is 45.6 Å². The summed E-state index contributed by atoms with van der Waals surface area (Å²) in [6, 6.07) is 14.4. The summed E-state index contributed by atoms with van der Waals surface area (Å²) in [5.41, 5.74) is 9.19. The third-order valence-corrected chi connectivity index (χ3v) is 5.57. The summed E-state index contributed by atoms with van der Waals surface area (Å²) in [6.45, 7) is 0.260. The average Bonchev–Trinajstić information content (AvgIpc) is 2.83. The quantitative estimate of drug-likeness (QED) is 0.623. The number of benzene rings is 2. The monoisotopic (exact) mass is 446 g/mol. The molecule has 3 N–H and O–H groups in total. The van der Waals surface area contributed by atoms with Gasteiger partial charge >= 0.3 is 0 Å². The molecule has 1 atom stereocenters. The van der Waals surface area contributed by atoms with Gasteiger partial charge in [-0.3, -0.25) is 9.59 Å². The van der Waals surface area contributed by atoms with Gasteiger partial charge in [-0.1, -0.05) is 6.07 Å². The minimum Gasteiger partial charge on any atom is -0.497 e. The molecule has 0 bridgehead atoms. The second kappa shape index (κ2) is 9.20. The van der Waals surface area contributed by atoms with Gasteiger partial charge in [0.05, 0.1) is 24.3 Å². The number of nitrogen functional groups attached to an aromatic ring is 1. The summed E-state index contributed by atoms with van der Waals surface area (Å²) < 4.78 is 11.1. The van der Waals surface area contributed by atoms with Crippen LogP contribution in [0.3, 0.4) is 0 Å². The predicted octanol–water partition coefficient (Wildman–Crippen LogP) is 3.23. The molecule has 170 valence electrons. The molecule has 1 aromatic heterocycles. The van der Waals surface area contributed by atoms with Crippen LogP contribution in [0.15, 0.2) is 54.7 Å². The Bertz CT molecular complexity index is 1210. The number of fused-ring (bicyclic) bond motifs is 1. The molecule has 2 aromatic carbocycles. The molecule has 3 aromatic rings. The van der Waals surface area contributed by atoms with Crippen LogP contribution in [-0.2, 0) is 11.2 Å². The first-order valence-corrected chi connectivity index (χ1v) is 10.5. The summed E-state index contributed by atoms with van der Waals surface area (Å²) >= 11 is 0. The third-order valence-electron chi connectivity index (χ3n) is 5.57. The normalized spacial score (nSPS) is 14.6. The molecule has 0 radical (unpaired) electrons. The summed E-state index contributed by atoms with van der Waals surface area (Å²) in [5, 5.41) is 2.93. The van der Waals surface area contributed by atoms with Crippen molar-refractivity contribution in [3.63, 3.8) is 0 Å². The highest BCUT2D eigenvalue weighted by Gasteiger charge is 2.27. The highest BCUT2D eigenvalue weighted by molar-refractivity contribution is 6.05. The fraction of sp³-hybridized carbons (Fsp3) is 0.240. The van der Waals surface area contributed by atoms with Crippen molar-refractivity contribution in [2.24, 2.45) is 5.92 Å². The molecule has 2 amide bonds. The summed E-state index contributed by atoms with van der Waals surface area (Å²) in [4.78, 5) is 31.5. The molecule has 1 aliphatic heterocycles. The minimum atomic E-state index is -0.397. The van der Waals surface area contributed by atoms with E-state index in [2.05, 4.69) is 10.3 Å². The Morgan fingerprint density at radius 1 is 1.12 bits per heavy atom. The van der Waals surface area contributed by atoms with Crippen LogP contribution in [0.4, 0.5) is 11.5 Å². The zero-order valence-electron chi connectivity index (χ0n) is 18.8. The molecule has 0 fully saturated rings. The van der Waals surface area contributed by atoms with E-state index in [0.29, 0.717) is 29.2 Å². The zero-order valence-corrected chi connectivity index (χ0v) is 18.8. The lowest BCUT2D eigenvalue weighted by Crippen LogP contribution is -2.33. The molecular formula is C25H26N4O4. The smallest absolute Gasteiger partial charge is 0.255 e. The van der Waals surface area contributed by atoms with Gasteiger partial charge in [0.15, 0.2) is 0 Å². The van der Waals surface area contributed by atoms with Crippen LogP contribution in [0.5, 0.6) is 11.5 Å². The van der Waals surface area contributed by atoms with Crippen molar-refractivity contribution in [3.8, 4) is 22.6 Å². The Hall–Kier alpha value is -4.07. The van der Waals surface area contributed by atoms with Crippen LogP contribution in [0.2, 0.25) is 0 Å². The van der Waals surface area contributed by atoms with Crippen molar-refractivity contribution in [3.05, 3.63) is 65.9 Å². The maximum absolute atomic E-state index is 13.1. The Balaban J connectivity index is 1.60. The molecule has 2 heterocycles. The molecule has 0 aliphatic carbocycles. The Kier molecular flexibility index (Phi) is 6.17. The maximum atomic E-state index is 13.1. The predicted molar refractivity (Wildman–Crippen MR) is 126 cm³/mol. The number of nitrogens with one attached hydrogen (secondary N) is 1. The lowest BCUT2D eigenvalue weighted by atomic mass is 9.95. The van der Waals surface area contributed by atoms with Crippen LogP contribution in [-0.4, -0.2) is 49.5 Å². The fourth-order valence-electron chi connectivity index (χ4n) is 3.78. The van der Waals surface area contributed by atoms with E-state index in [1.165, 1.54) is 4.90 Å². The molecule has 0 spiro atoms. The molecule has 1 aliphatic rings. The van der Waals surface area contributed by atoms with Crippen molar-refractivity contribution >= 4 is 23.3 Å². The number of amides is 2. The van der Waals surface area contributed by atoms with Crippen LogP contribution in [0.1, 0.15) is 15.9 Å². The van der Waals surface area contributed by atoms with Crippen molar-refractivity contribution in [1.29, 1.82) is 0 Å². The number of nitrogens with two attached hydrogens (primary N) is 1. The average molecular weight is 447 g/mol. The van der Waals surface area contributed by atoms with Gasteiger partial charge in [0.25, 0.3) is 5.91 Å². The molecule has 8 nitrogen and oxygen atoms in total. The number of pyridine rings is 1. The van der Waals surface area contributed by atoms with E-state index in [4.69, 9.17) is 15.2 Å². The van der Waals surface area contributed by atoms with E-state index >= 15 is 0 Å². The number of anilines is 2. The van der Waals surface area contributed by atoms with E-state index in [9.17, 15) is 9.59 Å². The standard InChI is InChI=1S/C25H26N4O4/c1-29(2)25(31)20-12-15(16-8-9-27-23(26)13-16)4-6-21(20)28-24(30)18-10-17-11-19(32-3)5-7-22(17)33-14-18/h4-9,11-13,18H,10,14H2,1-3H3,(H2,26,27)(H,28,30). The molecule has 33 heavy (non-hydrogen) atoms. The van der Waals surface area contributed by atoms with Gasteiger partial charge < -0.3 is 25.4 Å². The number of aromatic nitrogens is 1. The second-order valence-corrected chi connectivity index (χ2v) is 8.10. The molecule has 0 saturated heterocycles. The number of carbonyl (C=O) groups excluding carboxylic acids is 2. The van der Waals surface area contributed by atoms with Crippen molar-refractivity contribution in [2.45, 2.75) is 6.42 Å². The molecule has 4 rings (SSSR count). The Morgan fingerprint density at radius 3 is 2.64 bits per heavy atom. The Morgan fingerprint density at radius 2 is 1.91 bits per heavy atom. The first-order chi connectivity index (χ1) is 15.9. The first-order valence-electron chi connectivity index (χ1n) is 10.5. The van der Waals surface area contributed by atoms with Gasteiger partial charge in [-0.05, 0) is 65.6 Å². The number of hydrogen-bond acceptors (Lipinski definition) is 6. The second-order valence-electron chi connectivity index (χ2n) is 8.10. The van der Waals surface area contributed by atoms with E-state index in [0.717, 1.165) is 22.4 Å². The van der Waals surface area contributed by atoms with Gasteiger partial charge in [-0.15, -0.1) is 0 Å². The minimum absolute atomic E-state index is 0.211. The zero-order chi connectivity index (χ0) is 23.5. The molecule has 8 heteroatoms. The van der Waals surface area contributed by atoms with Gasteiger partial charge in [0.2, 0.25) is 5.91 Å². The van der Waals surface area contributed by atoms with Gasteiger partial charge in [0.1, 0.15) is 23.9 Å². The largest absolute Gasteiger partial charge is 0.497 e. The number of hydrogen-bond donors (Lipinski definition) is 2. The fourth-order valence-corrected chi connectivity index (χ4v) is 3.78. The number of rotatable bonds is 5. The van der Waals surface area contributed by atoms with E-state index < -0.39 is 5.92 Å². The van der Waals surface area contributed by atoms with E-state index in [1.807, 2.05) is 30.3 Å². The van der Waals surface area contributed by atoms with Gasteiger partial charge in [-0.25, -0.2) is 4.98 Å². The molecule has 1 unspecified atom stereocenters. The lowest BCUT2D eigenvalue weighted by Gasteiger charge is -2.25.